The summed E-state index contributed by atoms with van der Waals surface area (Å²) in [4.78, 5) is 24.2. The van der Waals surface area contributed by atoms with Gasteiger partial charge in [-0.2, -0.15) is 0 Å². The molecule has 0 amide bonds. The molecule has 0 bridgehead atoms. The molecule has 2 heterocycles. The second kappa shape index (κ2) is 10.3. The van der Waals surface area contributed by atoms with E-state index in [9.17, 15) is 4.79 Å². The number of benzene rings is 2. The minimum absolute atomic E-state index is 0.0586. The number of hydrogen-bond donors (Lipinski definition) is 0. The Morgan fingerprint density at radius 1 is 1.12 bits per heavy atom. The minimum atomic E-state index is 0.0586. The van der Waals surface area contributed by atoms with E-state index in [1.165, 1.54) is 16.7 Å². The Morgan fingerprint density at radius 3 is 2.71 bits per heavy atom. The van der Waals surface area contributed by atoms with Crippen molar-refractivity contribution in [3.8, 4) is 0 Å². The molecule has 1 aliphatic rings. The maximum Gasteiger partial charge on any atom is 0.158 e. The van der Waals surface area contributed by atoms with Gasteiger partial charge in [-0.1, -0.05) is 56.2 Å². The molecule has 1 atom stereocenters. The molecule has 4 heteroatoms. The molecule has 0 saturated heterocycles. The number of nitrogens with zero attached hydrogens (tertiary/aromatic N) is 3. The van der Waals surface area contributed by atoms with Crippen molar-refractivity contribution < 1.29 is 4.79 Å². The molecule has 0 N–H and O–H groups in total. The summed E-state index contributed by atoms with van der Waals surface area (Å²) in [5.41, 5.74) is 8.32. The first-order valence-electron chi connectivity index (χ1n) is 12.4. The fourth-order valence-electron chi connectivity index (χ4n) is 4.89. The van der Waals surface area contributed by atoms with Crippen LogP contribution in [0.4, 0.5) is 5.82 Å². The van der Waals surface area contributed by atoms with Crippen LogP contribution >= 0.6 is 0 Å². The lowest BCUT2D eigenvalue weighted by Gasteiger charge is -2.31. The molecule has 3 aromatic rings. The van der Waals surface area contributed by atoms with Crippen LogP contribution in [0.3, 0.4) is 0 Å². The van der Waals surface area contributed by atoms with Crippen LogP contribution in [0.5, 0.6) is 0 Å². The Morgan fingerprint density at radius 2 is 1.94 bits per heavy atom. The molecule has 176 valence electrons. The number of aromatic nitrogens is 2. The van der Waals surface area contributed by atoms with Crippen LogP contribution in [0.1, 0.15) is 61.4 Å². The maximum absolute atomic E-state index is 12.5. The van der Waals surface area contributed by atoms with Gasteiger partial charge in [-0.25, -0.2) is 9.97 Å². The Labute approximate surface area is 203 Å². The third-order valence-corrected chi connectivity index (χ3v) is 6.86. The van der Waals surface area contributed by atoms with Crippen molar-refractivity contribution in [3.63, 3.8) is 0 Å². The zero-order chi connectivity index (χ0) is 24.2. The van der Waals surface area contributed by atoms with E-state index in [2.05, 4.69) is 67.1 Å². The van der Waals surface area contributed by atoms with E-state index >= 15 is 0 Å². The summed E-state index contributed by atoms with van der Waals surface area (Å²) in [6, 6.07) is 11.1. The van der Waals surface area contributed by atoms with Crippen LogP contribution in [0.15, 0.2) is 54.9 Å². The van der Waals surface area contributed by atoms with Gasteiger partial charge in [0.05, 0.1) is 5.52 Å². The lowest BCUT2D eigenvalue weighted by atomic mass is 9.96. The van der Waals surface area contributed by atoms with Gasteiger partial charge in [-0.05, 0) is 79.6 Å². The molecule has 1 aliphatic heterocycles. The van der Waals surface area contributed by atoms with Crippen LogP contribution < -0.4 is 4.90 Å². The van der Waals surface area contributed by atoms with E-state index < -0.39 is 0 Å². The molecule has 4 rings (SSSR count). The van der Waals surface area contributed by atoms with Crippen molar-refractivity contribution in [2.75, 3.05) is 11.4 Å². The van der Waals surface area contributed by atoms with Crippen LogP contribution in [0.2, 0.25) is 0 Å². The fourth-order valence-corrected chi connectivity index (χ4v) is 4.89. The van der Waals surface area contributed by atoms with Crippen LogP contribution in [-0.4, -0.2) is 22.3 Å². The summed E-state index contributed by atoms with van der Waals surface area (Å²) in [6.45, 7) is 12.2. The van der Waals surface area contributed by atoms with Gasteiger partial charge in [0.1, 0.15) is 12.1 Å². The van der Waals surface area contributed by atoms with Crippen LogP contribution in [0, 0.1) is 19.8 Å². The lowest BCUT2D eigenvalue weighted by Crippen LogP contribution is -2.31. The highest BCUT2D eigenvalue weighted by Gasteiger charge is 2.20. The molecule has 0 radical (unpaired) electrons. The van der Waals surface area contributed by atoms with E-state index in [1.54, 1.807) is 12.4 Å². The number of hydrogen-bond acceptors (Lipinski definition) is 4. The zero-order valence-electron chi connectivity index (χ0n) is 21.1. The van der Waals surface area contributed by atoms with Crippen molar-refractivity contribution in [1.29, 1.82) is 0 Å². The SMILES string of the molecule is CC=C(/C=C\C(=O)C(C)CCC)c1cc(C)c2ncnc(N3CCc4ccc(C)cc4C3)c2c1. The van der Waals surface area contributed by atoms with Gasteiger partial charge < -0.3 is 4.90 Å². The normalized spacial score (nSPS) is 15.1. The molecule has 2 aromatic carbocycles. The van der Waals surface area contributed by atoms with Crippen molar-refractivity contribution in [2.24, 2.45) is 5.92 Å². The predicted molar refractivity (Wildman–Crippen MR) is 142 cm³/mol. The van der Waals surface area contributed by atoms with Gasteiger partial charge in [-0.15, -0.1) is 0 Å². The van der Waals surface area contributed by atoms with E-state index in [1.807, 2.05) is 19.9 Å². The summed E-state index contributed by atoms with van der Waals surface area (Å²) < 4.78 is 0. The van der Waals surface area contributed by atoms with Gasteiger partial charge >= 0.3 is 0 Å². The van der Waals surface area contributed by atoms with Gasteiger partial charge in [0.15, 0.2) is 5.78 Å². The van der Waals surface area contributed by atoms with E-state index in [0.717, 1.165) is 65.8 Å². The first kappa shape index (κ1) is 23.9. The number of carbonyl (C=O) groups is 1. The lowest BCUT2D eigenvalue weighted by molar-refractivity contribution is -0.117. The molecule has 1 aromatic heterocycles. The predicted octanol–water partition coefficient (Wildman–Crippen LogP) is 6.77. The van der Waals surface area contributed by atoms with Gasteiger partial charge in [0.25, 0.3) is 0 Å². The summed E-state index contributed by atoms with van der Waals surface area (Å²) in [5, 5.41) is 1.06. The monoisotopic (exact) mass is 453 g/mol. The number of ketones is 1. The average Bonchev–Trinajstić information content (AvgIpc) is 2.83. The number of allylic oxidation sites excluding steroid dienone is 4. The molecule has 4 nitrogen and oxygen atoms in total. The first-order valence-corrected chi connectivity index (χ1v) is 12.4. The van der Waals surface area contributed by atoms with E-state index in [4.69, 9.17) is 4.98 Å². The number of aryl methyl sites for hydroxylation is 2. The smallest absolute Gasteiger partial charge is 0.158 e. The largest absolute Gasteiger partial charge is 0.351 e. The third kappa shape index (κ3) is 4.96. The van der Waals surface area contributed by atoms with Crippen molar-refractivity contribution in [3.05, 3.63) is 82.7 Å². The van der Waals surface area contributed by atoms with Gasteiger partial charge in [-0.3, -0.25) is 4.79 Å². The Hall–Kier alpha value is -3.27. The standard InChI is InChI=1S/C30H35N3O/c1-6-8-21(4)28(34)12-11-23(7-2)25-16-22(5)29-27(17-25)30(32-19-31-29)33-14-13-24-10-9-20(3)15-26(24)18-33/h7,9-12,15-17,19,21H,6,8,13-14,18H2,1-5H3/b12-11-,23-7?. The minimum Gasteiger partial charge on any atom is -0.351 e. The maximum atomic E-state index is 12.5. The molecule has 0 fully saturated rings. The van der Waals surface area contributed by atoms with Crippen molar-refractivity contribution in [1.82, 2.24) is 9.97 Å². The van der Waals surface area contributed by atoms with Gasteiger partial charge in [0.2, 0.25) is 0 Å². The third-order valence-electron chi connectivity index (χ3n) is 6.86. The molecule has 34 heavy (non-hydrogen) atoms. The summed E-state index contributed by atoms with van der Waals surface area (Å²) in [6.07, 6.45) is 10.4. The Bertz CT molecular complexity index is 1270. The molecular formula is C30H35N3O. The Kier molecular flexibility index (Phi) is 7.26. The summed E-state index contributed by atoms with van der Waals surface area (Å²) in [5.74, 6) is 1.22. The quantitative estimate of drug-likeness (QED) is 0.292. The second-order valence-corrected chi connectivity index (χ2v) is 9.50. The van der Waals surface area contributed by atoms with Crippen LogP contribution in [-0.2, 0) is 17.8 Å². The van der Waals surface area contributed by atoms with E-state index in [0.29, 0.717) is 0 Å². The highest BCUT2D eigenvalue weighted by atomic mass is 16.1. The fraction of sp³-hybridized carbons (Fsp3) is 0.367. The molecule has 0 aliphatic carbocycles. The van der Waals surface area contributed by atoms with E-state index in [-0.39, 0.29) is 11.7 Å². The second-order valence-electron chi connectivity index (χ2n) is 9.50. The highest BCUT2D eigenvalue weighted by Crippen LogP contribution is 2.32. The molecule has 1 unspecified atom stereocenters. The molecule has 0 saturated carbocycles. The highest BCUT2D eigenvalue weighted by molar-refractivity contribution is 5.97. The number of carbonyl (C=O) groups excluding carboxylic acids is 1. The Balaban J connectivity index is 1.70. The zero-order valence-corrected chi connectivity index (χ0v) is 21.1. The van der Waals surface area contributed by atoms with Crippen molar-refractivity contribution in [2.45, 2.75) is 60.4 Å². The number of rotatable bonds is 7. The first-order chi connectivity index (χ1) is 16.4. The van der Waals surface area contributed by atoms with Gasteiger partial charge in [0, 0.05) is 24.4 Å². The summed E-state index contributed by atoms with van der Waals surface area (Å²) in [7, 11) is 0. The molecular weight excluding hydrogens is 418 g/mol. The van der Waals surface area contributed by atoms with Crippen molar-refractivity contribution >= 4 is 28.1 Å². The number of anilines is 1. The van der Waals surface area contributed by atoms with Crippen LogP contribution in [0.25, 0.3) is 16.5 Å². The summed E-state index contributed by atoms with van der Waals surface area (Å²) >= 11 is 0. The topological polar surface area (TPSA) is 46.1 Å². The average molecular weight is 454 g/mol. The number of fused-ring (bicyclic) bond motifs is 2. The molecule has 0 spiro atoms.